The fraction of sp³-hybridized carbons (Fsp3) is 0.769. The molecule has 2 N–H and O–H groups in total. The topological polar surface area (TPSA) is 78.1 Å². The smallest absolute Gasteiger partial charge is 0.326 e. The van der Waals surface area contributed by atoms with Gasteiger partial charge in [0.2, 0.25) is 0 Å². The van der Waals surface area contributed by atoms with Crippen LogP contribution >= 0.6 is 23.1 Å². The Morgan fingerprint density at radius 2 is 2.40 bits per heavy atom. The van der Waals surface area contributed by atoms with E-state index in [1.165, 1.54) is 0 Å². The molecule has 1 heterocycles. The summed E-state index contributed by atoms with van der Waals surface area (Å²) < 4.78 is 6.12. The second kappa shape index (κ2) is 6.87. The van der Waals surface area contributed by atoms with E-state index in [0.717, 1.165) is 40.8 Å². The van der Waals surface area contributed by atoms with Crippen LogP contribution in [0.15, 0.2) is 4.34 Å². The summed E-state index contributed by atoms with van der Waals surface area (Å²) in [6, 6.07) is 0. The first kappa shape index (κ1) is 15.7. The van der Waals surface area contributed by atoms with E-state index >= 15 is 0 Å². The third-order valence-electron chi connectivity index (χ3n) is 3.73. The highest BCUT2D eigenvalue weighted by Gasteiger charge is 2.46. The average molecular weight is 315 g/mol. The quantitative estimate of drug-likeness (QED) is 0.641. The zero-order valence-electron chi connectivity index (χ0n) is 11.9. The van der Waals surface area contributed by atoms with Crippen molar-refractivity contribution in [1.29, 1.82) is 0 Å². The standard InChI is InChI=1S/C13H21N3O2S2/c1-3-18-11(17)13(14)7-4-5-10(13)6-8-19-12-16-15-9(2)20-12/h10H,3-8,14H2,1-2H3. The number of aryl methyl sites for hydroxylation is 1. The number of hydrogen-bond donors (Lipinski definition) is 1. The van der Waals surface area contributed by atoms with Crippen LogP contribution < -0.4 is 5.73 Å². The normalized spacial score (nSPS) is 25.9. The molecule has 1 aliphatic rings. The van der Waals surface area contributed by atoms with Crippen LogP contribution in [0.4, 0.5) is 0 Å². The lowest BCUT2D eigenvalue weighted by Crippen LogP contribution is -2.52. The fourth-order valence-corrected chi connectivity index (χ4v) is 4.60. The lowest BCUT2D eigenvalue weighted by Gasteiger charge is -2.28. The largest absolute Gasteiger partial charge is 0.465 e. The van der Waals surface area contributed by atoms with Gasteiger partial charge in [-0.1, -0.05) is 29.5 Å². The molecule has 20 heavy (non-hydrogen) atoms. The van der Waals surface area contributed by atoms with Crippen LogP contribution in [0.25, 0.3) is 0 Å². The van der Waals surface area contributed by atoms with Gasteiger partial charge < -0.3 is 10.5 Å². The molecule has 0 spiro atoms. The van der Waals surface area contributed by atoms with Crippen molar-refractivity contribution in [3.8, 4) is 0 Å². The van der Waals surface area contributed by atoms with Gasteiger partial charge in [0.1, 0.15) is 10.5 Å². The Labute approximate surface area is 127 Å². The molecule has 112 valence electrons. The van der Waals surface area contributed by atoms with Crippen molar-refractivity contribution in [2.45, 2.75) is 49.4 Å². The summed E-state index contributed by atoms with van der Waals surface area (Å²) in [5.74, 6) is 0.889. The predicted octanol–water partition coefficient (Wildman–Crippen LogP) is 2.39. The van der Waals surface area contributed by atoms with Crippen LogP contribution in [0.3, 0.4) is 0 Å². The van der Waals surface area contributed by atoms with Gasteiger partial charge in [-0.05, 0) is 39.0 Å². The Balaban J connectivity index is 1.86. The molecular formula is C13H21N3O2S2. The van der Waals surface area contributed by atoms with E-state index in [1.54, 1.807) is 23.1 Å². The molecule has 0 radical (unpaired) electrons. The van der Waals surface area contributed by atoms with Crippen LogP contribution in [0.2, 0.25) is 0 Å². The van der Waals surface area contributed by atoms with E-state index in [-0.39, 0.29) is 11.9 Å². The molecule has 2 atom stereocenters. The third kappa shape index (κ3) is 3.51. The highest BCUT2D eigenvalue weighted by atomic mass is 32.2. The molecule has 5 nitrogen and oxygen atoms in total. The summed E-state index contributed by atoms with van der Waals surface area (Å²) in [4.78, 5) is 12.0. The minimum atomic E-state index is -0.784. The molecule has 0 bridgehead atoms. The summed E-state index contributed by atoms with van der Waals surface area (Å²) in [6.07, 6.45) is 3.66. The number of esters is 1. The lowest BCUT2D eigenvalue weighted by molar-refractivity contribution is -0.151. The molecule has 0 aliphatic heterocycles. The number of rotatable bonds is 6. The first-order chi connectivity index (χ1) is 9.56. The number of carbonyl (C=O) groups is 1. The van der Waals surface area contributed by atoms with E-state index in [2.05, 4.69) is 10.2 Å². The molecule has 1 aromatic rings. The first-order valence-corrected chi connectivity index (χ1v) is 8.75. The van der Waals surface area contributed by atoms with Gasteiger partial charge in [0, 0.05) is 5.75 Å². The van der Waals surface area contributed by atoms with E-state index in [4.69, 9.17) is 10.5 Å². The minimum absolute atomic E-state index is 0.211. The summed E-state index contributed by atoms with van der Waals surface area (Å²) in [6.45, 7) is 4.16. The van der Waals surface area contributed by atoms with Crippen LogP contribution in [0.1, 0.15) is 37.6 Å². The first-order valence-electron chi connectivity index (χ1n) is 6.95. The number of nitrogens with two attached hydrogens (primary N) is 1. The average Bonchev–Trinajstić information content (AvgIpc) is 2.98. The zero-order valence-corrected chi connectivity index (χ0v) is 13.6. The Kier molecular flexibility index (Phi) is 5.40. The van der Waals surface area contributed by atoms with E-state index < -0.39 is 5.54 Å². The van der Waals surface area contributed by atoms with Crippen molar-refractivity contribution >= 4 is 29.1 Å². The summed E-state index contributed by atoms with van der Waals surface area (Å²) in [7, 11) is 0. The van der Waals surface area contributed by atoms with Gasteiger partial charge in [-0.2, -0.15) is 0 Å². The van der Waals surface area contributed by atoms with Gasteiger partial charge in [0.25, 0.3) is 0 Å². The number of nitrogens with zero attached hydrogens (tertiary/aromatic N) is 2. The SMILES string of the molecule is CCOC(=O)C1(N)CCCC1CCSc1nnc(C)s1. The van der Waals surface area contributed by atoms with Gasteiger partial charge in [0.05, 0.1) is 6.61 Å². The minimum Gasteiger partial charge on any atom is -0.465 e. The Hall–Kier alpha value is -0.660. The number of ether oxygens (including phenoxy) is 1. The number of hydrogen-bond acceptors (Lipinski definition) is 7. The Bertz CT molecular complexity index is 466. The van der Waals surface area contributed by atoms with Crippen molar-refractivity contribution < 1.29 is 9.53 Å². The maximum absolute atomic E-state index is 12.0. The van der Waals surface area contributed by atoms with Crippen molar-refractivity contribution in [3.05, 3.63) is 5.01 Å². The Morgan fingerprint density at radius 1 is 1.60 bits per heavy atom. The summed E-state index contributed by atoms with van der Waals surface area (Å²) in [5, 5.41) is 9.07. The van der Waals surface area contributed by atoms with E-state index in [0.29, 0.717) is 6.61 Å². The monoisotopic (exact) mass is 315 g/mol. The van der Waals surface area contributed by atoms with E-state index in [9.17, 15) is 4.79 Å². The molecular weight excluding hydrogens is 294 g/mol. The maximum Gasteiger partial charge on any atom is 0.326 e. The molecule has 1 aromatic heterocycles. The highest BCUT2D eigenvalue weighted by molar-refractivity contribution is 8.01. The van der Waals surface area contributed by atoms with Crippen LogP contribution in [0.5, 0.6) is 0 Å². The van der Waals surface area contributed by atoms with Crippen molar-refractivity contribution in [2.75, 3.05) is 12.4 Å². The fourth-order valence-electron chi connectivity index (χ4n) is 2.66. The van der Waals surface area contributed by atoms with Crippen molar-refractivity contribution in [2.24, 2.45) is 11.7 Å². The number of carbonyl (C=O) groups excluding carboxylic acids is 1. The molecule has 1 fully saturated rings. The lowest BCUT2D eigenvalue weighted by atomic mass is 9.86. The van der Waals surface area contributed by atoms with Crippen molar-refractivity contribution in [3.63, 3.8) is 0 Å². The molecule has 0 saturated heterocycles. The molecule has 0 aromatic carbocycles. The van der Waals surface area contributed by atoms with Gasteiger partial charge in [-0.25, -0.2) is 0 Å². The molecule has 2 rings (SSSR count). The van der Waals surface area contributed by atoms with Crippen LogP contribution in [0, 0.1) is 12.8 Å². The molecule has 7 heteroatoms. The van der Waals surface area contributed by atoms with Crippen molar-refractivity contribution in [1.82, 2.24) is 10.2 Å². The Morgan fingerprint density at radius 3 is 3.05 bits per heavy atom. The number of thioether (sulfide) groups is 1. The molecule has 1 aliphatic carbocycles. The van der Waals surface area contributed by atoms with Gasteiger partial charge in [0.15, 0.2) is 4.34 Å². The molecule has 0 amide bonds. The molecule has 2 unspecified atom stereocenters. The second-order valence-corrected chi connectivity index (χ2v) is 7.60. The van der Waals surface area contributed by atoms with Crippen LogP contribution in [-0.2, 0) is 9.53 Å². The summed E-state index contributed by atoms with van der Waals surface area (Å²) in [5.41, 5.74) is 5.52. The molecule has 1 saturated carbocycles. The number of aromatic nitrogens is 2. The van der Waals surface area contributed by atoms with E-state index in [1.807, 2.05) is 13.8 Å². The maximum atomic E-state index is 12.0. The second-order valence-electron chi connectivity index (χ2n) is 5.07. The van der Waals surface area contributed by atoms with Gasteiger partial charge in [-0.15, -0.1) is 10.2 Å². The summed E-state index contributed by atoms with van der Waals surface area (Å²) >= 11 is 3.29. The van der Waals surface area contributed by atoms with Crippen LogP contribution in [-0.4, -0.2) is 34.1 Å². The van der Waals surface area contributed by atoms with Gasteiger partial charge in [-0.3, -0.25) is 4.79 Å². The van der Waals surface area contributed by atoms with Gasteiger partial charge >= 0.3 is 5.97 Å². The third-order valence-corrected chi connectivity index (χ3v) is 5.73. The zero-order chi connectivity index (χ0) is 14.6. The predicted molar refractivity (Wildman–Crippen MR) is 80.9 cm³/mol. The highest BCUT2D eigenvalue weighted by Crippen LogP contribution is 2.38.